The van der Waals surface area contributed by atoms with E-state index in [1.54, 1.807) is 17.4 Å². The number of ether oxygens (including phenoxy) is 1. The van der Waals surface area contributed by atoms with Gasteiger partial charge in [-0.2, -0.15) is 0 Å². The molecule has 4 rings (SSSR count). The third kappa shape index (κ3) is 4.18. The second kappa shape index (κ2) is 8.00. The SMILES string of the molecule is CCc1nc(CN2CCN(C(=O)C3=Cc4cc(Cl)ccc4OC3)CC2)cs1. The van der Waals surface area contributed by atoms with Crippen LogP contribution in [0.2, 0.25) is 5.02 Å². The van der Waals surface area contributed by atoms with Gasteiger partial charge in [0, 0.05) is 48.7 Å². The van der Waals surface area contributed by atoms with Crippen LogP contribution in [-0.2, 0) is 17.8 Å². The van der Waals surface area contributed by atoms with Crippen LogP contribution in [-0.4, -0.2) is 53.5 Å². The Morgan fingerprint density at radius 2 is 2.11 bits per heavy atom. The number of halogens is 1. The maximum Gasteiger partial charge on any atom is 0.253 e. The summed E-state index contributed by atoms with van der Waals surface area (Å²) in [5.41, 5.74) is 2.69. The van der Waals surface area contributed by atoms with Crippen LogP contribution in [0.25, 0.3) is 6.08 Å². The molecule has 142 valence electrons. The minimum absolute atomic E-state index is 0.0576. The quantitative estimate of drug-likeness (QED) is 0.784. The first-order valence-electron chi connectivity index (χ1n) is 9.20. The van der Waals surface area contributed by atoms with Gasteiger partial charge in [-0.1, -0.05) is 18.5 Å². The average Bonchev–Trinajstić information content (AvgIpc) is 3.15. The number of hydrogen-bond acceptors (Lipinski definition) is 5. The van der Waals surface area contributed by atoms with Crippen LogP contribution < -0.4 is 4.74 Å². The average molecular weight is 404 g/mol. The lowest BCUT2D eigenvalue weighted by molar-refractivity contribution is -0.129. The Morgan fingerprint density at radius 1 is 1.30 bits per heavy atom. The van der Waals surface area contributed by atoms with Crippen molar-refractivity contribution >= 4 is 34.9 Å². The molecule has 0 saturated carbocycles. The van der Waals surface area contributed by atoms with Crippen molar-refractivity contribution < 1.29 is 9.53 Å². The molecule has 0 N–H and O–H groups in total. The standard InChI is InChI=1S/C20H22ClN3O2S/c1-2-19-22-17(13-27-19)11-23-5-7-24(8-6-23)20(25)15-9-14-10-16(21)3-4-18(14)26-12-15/h3-4,9-10,13H,2,5-8,11-12H2,1H3. The highest BCUT2D eigenvalue weighted by Gasteiger charge is 2.26. The molecule has 1 fully saturated rings. The monoisotopic (exact) mass is 403 g/mol. The molecule has 7 heteroatoms. The number of piperazine rings is 1. The fourth-order valence-electron chi connectivity index (χ4n) is 3.40. The van der Waals surface area contributed by atoms with Crippen LogP contribution in [0.4, 0.5) is 0 Å². The van der Waals surface area contributed by atoms with Gasteiger partial charge in [-0.25, -0.2) is 4.98 Å². The predicted molar refractivity (Wildman–Crippen MR) is 108 cm³/mol. The smallest absolute Gasteiger partial charge is 0.253 e. The van der Waals surface area contributed by atoms with Gasteiger partial charge >= 0.3 is 0 Å². The van der Waals surface area contributed by atoms with Crippen molar-refractivity contribution in [3.63, 3.8) is 0 Å². The lowest BCUT2D eigenvalue weighted by Crippen LogP contribution is -2.49. The molecular formula is C20H22ClN3O2S. The zero-order valence-corrected chi connectivity index (χ0v) is 16.9. The minimum atomic E-state index is 0.0576. The maximum absolute atomic E-state index is 12.9. The van der Waals surface area contributed by atoms with Gasteiger partial charge in [0.25, 0.3) is 5.91 Å². The van der Waals surface area contributed by atoms with Gasteiger partial charge in [-0.15, -0.1) is 11.3 Å². The lowest BCUT2D eigenvalue weighted by atomic mass is 10.1. The van der Waals surface area contributed by atoms with Crippen molar-refractivity contribution in [3.05, 3.63) is 50.4 Å². The van der Waals surface area contributed by atoms with Gasteiger partial charge in [0.1, 0.15) is 12.4 Å². The third-order valence-corrected chi connectivity index (χ3v) is 6.18. The molecule has 1 aromatic carbocycles. The molecule has 0 atom stereocenters. The molecular weight excluding hydrogens is 382 g/mol. The largest absolute Gasteiger partial charge is 0.488 e. The van der Waals surface area contributed by atoms with Gasteiger partial charge in [-0.05, 0) is 30.7 Å². The summed E-state index contributed by atoms with van der Waals surface area (Å²) < 4.78 is 5.72. The number of rotatable bonds is 4. The summed E-state index contributed by atoms with van der Waals surface area (Å²) in [7, 11) is 0. The van der Waals surface area contributed by atoms with E-state index in [1.807, 2.05) is 23.1 Å². The number of benzene rings is 1. The zero-order valence-electron chi connectivity index (χ0n) is 15.3. The van der Waals surface area contributed by atoms with Gasteiger partial charge in [0.15, 0.2) is 0 Å². The normalized spacial score (nSPS) is 17.3. The molecule has 5 nitrogen and oxygen atoms in total. The molecule has 27 heavy (non-hydrogen) atoms. The van der Waals surface area contributed by atoms with Crippen LogP contribution in [0, 0.1) is 0 Å². The van der Waals surface area contributed by atoms with E-state index >= 15 is 0 Å². The molecule has 0 radical (unpaired) electrons. The van der Waals surface area contributed by atoms with Crippen molar-refractivity contribution in [2.75, 3.05) is 32.8 Å². The van der Waals surface area contributed by atoms with E-state index < -0.39 is 0 Å². The van der Waals surface area contributed by atoms with E-state index in [-0.39, 0.29) is 5.91 Å². The second-order valence-corrected chi connectivity index (χ2v) is 8.17. The minimum Gasteiger partial charge on any atom is -0.488 e. The Bertz CT molecular complexity index is 872. The molecule has 0 unspecified atom stereocenters. The molecule has 0 aliphatic carbocycles. The van der Waals surface area contributed by atoms with Crippen LogP contribution in [0.1, 0.15) is 23.2 Å². The predicted octanol–water partition coefficient (Wildman–Crippen LogP) is 3.48. The van der Waals surface area contributed by atoms with Crippen molar-refractivity contribution in [2.45, 2.75) is 19.9 Å². The summed E-state index contributed by atoms with van der Waals surface area (Å²) in [4.78, 5) is 21.8. The van der Waals surface area contributed by atoms with E-state index in [0.29, 0.717) is 17.2 Å². The zero-order chi connectivity index (χ0) is 18.8. The highest BCUT2D eigenvalue weighted by molar-refractivity contribution is 7.09. The molecule has 2 aliphatic heterocycles. The number of aryl methyl sites for hydroxylation is 1. The molecule has 0 bridgehead atoms. The Balaban J connectivity index is 1.36. The molecule has 2 aromatic rings. The number of hydrogen-bond donors (Lipinski definition) is 0. The highest BCUT2D eigenvalue weighted by atomic mass is 35.5. The molecule has 0 spiro atoms. The number of nitrogens with zero attached hydrogens (tertiary/aromatic N) is 3. The Labute approximate surface area is 168 Å². The Morgan fingerprint density at radius 3 is 2.85 bits per heavy atom. The number of carbonyl (C=O) groups is 1. The second-order valence-electron chi connectivity index (χ2n) is 6.79. The Kier molecular flexibility index (Phi) is 5.48. The van der Waals surface area contributed by atoms with Gasteiger partial charge in [0.2, 0.25) is 0 Å². The fourth-order valence-corrected chi connectivity index (χ4v) is 4.31. The molecule has 1 aromatic heterocycles. The summed E-state index contributed by atoms with van der Waals surface area (Å²) in [6, 6.07) is 5.47. The fraction of sp³-hybridized carbons (Fsp3) is 0.400. The van der Waals surface area contributed by atoms with E-state index in [4.69, 9.17) is 16.3 Å². The van der Waals surface area contributed by atoms with Crippen molar-refractivity contribution in [3.8, 4) is 5.75 Å². The van der Waals surface area contributed by atoms with E-state index in [9.17, 15) is 4.79 Å². The van der Waals surface area contributed by atoms with Gasteiger partial charge in [0.05, 0.1) is 16.3 Å². The summed E-state index contributed by atoms with van der Waals surface area (Å²) in [6.45, 7) is 6.47. The molecule has 1 saturated heterocycles. The first-order chi connectivity index (χ1) is 13.1. The van der Waals surface area contributed by atoms with Crippen molar-refractivity contribution in [2.24, 2.45) is 0 Å². The van der Waals surface area contributed by atoms with Crippen LogP contribution in [0.5, 0.6) is 5.75 Å². The van der Waals surface area contributed by atoms with E-state index in [1.165, 1.54) is 5.01 Å². The van der Waals surface area contributed by atoms with Gasteiger partial charge < -0.3 is 9.64 Å². The van der Waals surface area contributed by atoms with E-state index in [0.717, 1.165) is 56.2 Å². The number of aromatic nitrogens is 1. The van der Waals surface area contributed by atoms with Crippen LogP contribution in [0.15, 0.2) is 29.2 Å². The number of thiazole rings is 1. The summed E-state index contributed by atoms with van der Waals surface area (Å²) in [6.07, 6.45) is 2.89. The summed E-state index contributed by atoms with van der Waals surface area (Å²) in [5, 5.41) is 3.97. The Hall–Kier alpha value is -1.89. The lowest BCUT2D eigenvalue weighted by Gasteiger charge is -2.35. The topological polar surface area (TPSA) is 45.7 Å². The van der Waals surface area contributed by atoms with Crippen LogP contribution >= 0.6 is 22.9 Å². The molecule has 1 amide bonds. The third-order valence-electron chi connectivity index (χ3n) is 4.91. The maximum atomic E-state index is 12.9. The highest BCUT2D eigenvalue weighted by Crippen LogP contribution is 2.29. The van der Waals surface area contributed by atoms with E-state index in [2.05, 4.69) is 22.2 Å². The number of fused-ring (bicyclic) bond motifs is 1. The first-order valence-corrected chi connectivity index (χ1v) is 10.5. The molecule has 3 heterocycles. The molecule has 2 aliphatic rings. The number of amides is 1. The summed E-state index contributed by atoms with van der Waals surface area (Å²) in [5.74, 6) is 0.831. The first kappa shape index (κ1) is 18.5. The number of carbonyl (C=O) groups excluding carboxylic acids is 1. The summed E-state index contributed by atoms with van der Waals surface area (Å²) >= 11 is 7.78. The van der Waals surface area contributed by atoms with Crippen LogP contribution in [0.3, 0.4) is 0 Å². The van der Waals surface area contributed by atoms with Crippen molar-refractivity contribution in [1.29, 1.82) is 0 Å². The van der Waals surface area contributed by atoms with Gasteiger partial charge in [-0.3, -0.25) is 9.69 Å². The van der Waals surface area contributed by atoms with Crippen molar-refractivity contribution in [1.82, 2.24) is 14.8 Å².